The van der Waals surface area contributed by atoms with Crippen LogP contribution in [0.2, 0.25) is 0 Å². The third kappa shape index (κ3) is 3.12. The molecule has 106 valence electrons. The molecule has 1 amide bonds. The van der Waals surface area contributed by atoms with Gasteiger partial charge < -0.3 is 20.7 Å². The Hall–Kier alpha value is -1.43. The molecule has 1 fully saturated rings. The topological polar surface area (TPSA) is 67.6 Å². The van der Waals surface area contributed by atoms with Crippen LogP contribution < -0.4 is 20.7 Å². The van der Waals surface area contributed by atoms with Gasteiger partial charge >= 0.3 is 0 Å². The van der Waals surface area contributed by atoms with Crippen molar-refractivity contribution in [3.05, 3.63) is 4.88 Å². The van der Waals surface area contributed by atoms with Crippen LogP contribution in [0.5, 0.6) is 5.75 Å². The molecule has 1 aliphatic carbocycles. The standard InChI is InChI=1S/C13H21N3O2S/c1-7(2)18-10-9(14)11(19-13(10)16(3)4)12(17)15-8-5-6-8/h7-8H,5-6,14H2,1-4H3,(H,15,17). The fourth-order valence-corrected chi connectivity index (χ4v) is 2.69. The summed E-state index contributed by atoms with van der Waals surface area (Å²) < 4.78 is 5.75. The van der Waals surface area contributed by atoms with Crippen LogP contribution in [-0.2, 0) is 0 Å². The molecule has 0 bridgehead atoms. The van der Waals surface area contributed by atoms with Crippen LogP contribution in [0.15, 0.2) is 0 Å². The molecule has 1 heterocycles. The van der Waals surface area contributed by atoms with Gasteiger partial charge in [-0.1, -0.05) is 0 Å². The molecule has 0 atom stereocenters. The van der Waals surface area contributed by atoms with E-state index in [0.717, 1.165) is 17.8 Å². The lowest BCUT2D eigenvalue weighted by Gasteiger charge is -2.15. The first-order valence-electron chi connectivity index (χ1n) is 6.47. The van der Waals surface area contributed by atoms with Gasteiger partial charge in [-0.25, -0.2) is 0 Å². The van der Waals surface area contributed by atoms with Gasteiger partial charge in [0.15, 0.2) is 5.75 Å². The van der Waals surface area contributed by atoms with E-state index in [1.54, 1.807) is 0 Å². The summed E-state index contributed by atoms with van der Waals surface area (Å²) in [7, 11) is 3.84. The minimum absolute atomic E-state index is 0.0231. The normalized spacial score (nSPS) is 14.6. The molecule has 1 saturated carbocycles. The van der Waals surface area contributed by atoms with E-state index in [2.05, 4.69) is 5.32 Å². The summed E-state index contributed by atoms with van der Waals surface area (Å²) in [6, 6.07) is 0.325. The summed E-state index contributed by atoms with van der Waals surface area (Å²) in [6.07, 6.45) is 2.15. The number of carbonyl (C=O) groups excluding carboxylic acids is 1. The largest absolute Gasteiger partial charge is 0.486 e. The van der Waals surface area contributed by atoms with Gasteiger partial charge in [0.1, 0.15) is 15.6 Å². The first-order valence-corrected chi connectivity index (χ1v) is 7.29. The summed E-state index contributed by atoms with van der Waals surface area (Å²) in [5.74, 6) is 0.526. The van der Waals surface area contributed by atoms with Gasteiger partial charge in [-0.3, -0.25) is 4.79 Å². The Morgan fingerprint density at radius 1 is 1.47 bits per heavy atom. The van der Waals surface area contributed by atoms with Crippen molar-refractivity contribution in [3.63, 3.8) is 0 Å². The van der Waals surface area contributed by atoms with Crippen LogP contribution in [-0.4, -0.2) is 32.1 Å². The molecule has 0 spiro atoms. The maximum absolute atomic E-state index is 12.1. The van der Waals surface area contributed by atoms with Crippen LogP contribution in [0, 0.1) is 0 Å². The number of nitrogens with one attached hydrogen (secondary N) is 1. The van der Waals surface area contributed by atoms with Crippen molar-refractivity contribution in [1.29, 1.82) is 0 Å². The smallest absolute Gasteiger partial charge is 0.263 e. The number of amides is 1. The quantitative estimate of drug-likeness (QED) is 0.868. The molecule has 2 rings (SSSR count). The molecule has 6 heteroatoms. The molecule has 1 aromatic heterocycles. The Bertz CT molecular complexity index is 478. The van der Waals surface area contributed by atoms with Gasteiger partial charge in [-0.2, -0.15) is 0 Å². The predicted molar refractivity (Wildman–Crippen MR) is 79.3 cm³/mol. The van der Waals surface area contributed by atoms with Crippen molar-refractivity contribution in [2.24, 2.45) is 0 Å². The van der Waals surface area contributed by atoms with Gasteiger partial charge in [0.2, 0.25) is 0 Å². The fraction of sp³-hybridized carbons (Fsp3) is 0.615. The average Bonchev–Trinajstić information content (AvgIpc) is 3.04. The Balaban J connectivity index is 2.30. The van der Waals surface area contributed by atoms with Crippen molar-refractivity contribution < 1.29 is 9.53 Å². The van der Waals surface area contributed by atoms with Crippen LogP contribution in [0.1, 0.15) is 36.4 Å². The van der Waals surface area contributed by atoms with E-state index in [1.165, 1.54) is 11.3 Å². The first kappa shape index (κ1) is 14.0. The zero-order chi connectivity index (χ0) is 14.2. The third-order valence-electron chi connectivity index (χ3n) is 2.76. The lowest BCUT2D eigenvalue weighted by Crippen LogP contribution is -2.25. The molecular formula is C13H21N3O2S. The molecule has 0 radical (unpaired) electrons. The number of carbonyl (C=O) groups is 1. The number of ether oxygens (including phenoxy) is 1. The molecule has 1 aliphatic rings. The van der Waals surface area contributed by atoms with Gasteiger partial charge in [0, 0.05) is 20.1 Å². The highest BCUT2D eigenvalue weighted by atomic mass is 32.1. The number of nitrogen functional groups attached to an aromatic ring is 1. The number of thiophene rings is 1. The number of anilines is 2. The van der Waals surface area contributed by atoms with Crippen LogP contribution >= 0.6 is 11.3 Å². The predicted octanol–water partition coefficient (Wildman–Crippen LogP) is 2.08. The molecule has 3 N–H and O–H groups in total. The highest BCUT2D eigenvalue weighted by Crippen LogP contribution is 2.44. The summed E-state index contributed by atoms with van der Waals surface area (Å²) in [6.45, 7) is 3.89. The highest BCUT2D eigenvalue weighted by Gasteiger charge is 2.28. The van der Waals surface area contributed by atoms with E-state index >= 15 is 0 Å². The van der Waals surface area contributed by atoms with E-state index in [0.29, 0.717) is 22.4 Å². The number of nitrogens with two attached hydrogens (primary N) is 1. The Morgan fingerprint density at radius 3 is 2.58 bits per heavy atom. The monoisotopic (exact) mass is 283 g/mol. The maximum atomic E-state index is 12.1. The summed E-state index contributed by atoms with van der Waals surface area (Å²) >= 11 is 1.38. The van der Waals surface area contributed by atoms with E-state index < -0.39 is 0 Å². The second-order valence-corrected chi connectivity index (χ2v) is 6.29. The van der Waals surface area contributed by atoms with E-state index in [9.17, 15) is 4.79 Å². The lowest BCUT2D eigenvalue weighted by molar-refractivity contribution is 0.0955. The molecule has 19 heavy (non-hydrogen) atoms. The van der Waals surface area contributed by atoms with Crippen molar-refractivity contribution in [1.82, 2.24) is 5.32 Å². The second kappa shape index (κ2) is 5.28. The Kier molecular flexibility index (Phi) is 3.89. The molecule has 5 nitrogen and oxygen atoms in total. The average molecular weight is 283 g/mol. The zero-order valence-corrected chi connectivity index (χ0v) is 12.6. The first-order chi connectivity index (χ1) is 8.90. The van der Waals surface area contributed by atoms with E-state index in [1.807, 2.05) is 32.8 Å². The van der Waals surface area contributed by atoms with Crippen LogP contribution in [0.3, 0.4) is 0 Å². The molecule has 0 unspecified atom stereocenters. The SMILES string of the molecule is CC(C)Oc1c(N(C)C)sc(C(=O)NC2CC2)c1N. The van der Waals surface area contributed by atoms with Crippen LogP contribution in [0.4, 0.5) is 10.7 Å². The van der Waals surface area contributed by atoms with Crippen molar-refractivity contribution >= 4 is 27.9 Å². The molecule has 0 aromatic carbocycles. The Labute approximate surface area is 117 Å². The van der Waals surface area contributed by atoms with Gasteiger partial charge in [-0.15, -0.1) is 11.3 Å². The number of hydrogen-bond acceptors (Lipinski definition) is 5. The van der Waals surface area contributed by atoms with Gasteiger partial charge in [0.05, 0.1) is 6.10 Å². The summed E-state index contributed by atoms with van der Waals surface area (Å²) in [5, 5.41) is 3.84. The fourth-order valence-electron chi connectivity index (χ4n) is 1.71. The minimum atomic E-state index is -0.0910. The molecular weight excluding hydrogens is 262 g/mol. The molecule has 1 aromatic rings. The maximum Gasteiger partial charge on any atom is 0.263 e. The highest BCUT2D eigenvalue weighted by molar-refractivity contribution is 7.19. The third-order valence-corrected chi connectivity index (χ3v) is 4.11. The zero-order valence-electron chi connectivity index (χ0n) is 11.8. The van der Waals surface area contributed by atoms with Crippen LogP contribution in [0.25, 0.3) is 0 Å². The molecule has 0 saturated heterocycles. The molecule has 0 aliphatic heterocycles. The Morgan fingerprint density at radius 2 is 2.11 bits per heavy atom. The summed E-state index contributed by atoms with van der Waals surface area (Å²) in [5.41, 5.74) is 6.53. The second-order valence-electron chi connectivity index (χ2n) is 5.29. The van der Waals surface area contributed by atoms with E-state index in [4.69, 9.17) is 10.5 Å². The number of rotatable bonds is 5. The van der Waals surface area contributed by atoms with E-state index in [-0.39, 0.29) is 12.0 Å². The summed E-state index contributed by atoms with van der Waals surface area (Å²) in [4.78, 5) is 14.6. The number of hydrogen-bond donors (Lipinski definition) is 2. The van der Waals surface area contributed by atoms with Crippen molar-refractivity contribution in [3.8, 4) is 5.75 Å². The van der Waals surface area contributed by atoms with Gasteiger partial charge in [0.25, 0.3) is 5.91 Å². The van der Waals surface area contributed by atoms with Crippen molar-refractivity contribution in [2.45, 2.75) is 38.8 Å². The van der Waals surface area contributed by atoms with Gasteiger partial charge in [-0.05, 0) is 26.7 Å². The minimum Gasteiger partial charge on any atom is -0.486 e. The van der Waals surface area contributed by atoms with Crippen molar-refractivity contribution in [2.75, 3.05) is 24.7 Å². The number of nitrogens with zero attached hydrogens (tertiary/aromatic N) is 1. The lowest BCUT2D eigenvalue weighted by atomic mass is 10.3.